The van der Waals surface area contributed by atoms with Gasteiger partial charge in [0.05, 0.1) is 12.5 Å². The summed E-state index contributed by atoms with van der Waals surface area (Å²) in [4.78, 5) is 22.4. The van der Waals surface area contributed by atoms with Crippen LogP contribution in [0.5, 0.6) is 0 Å². The third kappa shape index (κ3) is 3.32. The Balaban J connectivity index is 2.11. The molecule has 1 amide bonds. The van der Waals surface area contributed by atoms with Crippen LogP contribution in [0, 0.1) is 0 Å². The summed E-state index contributed by atoms with van der Waals surface area (Å²) >= 11 is 0. The standard InChI is InChI=1S/C14H18N2O3/c15-11(8-13(17)18)14(19)16-12-7-3-5-9-4-1-2-6-10(9)12/h3,5,7,11H,1-2,4,6,8,15H2,(H,16,19)(H,17,18). The lowest BCUT2D eigenvalue weighted by molar-refractivity contribution is -0.138. The van der Waals surface area contributed by atoms with Crippen molar-refractivity contribution in [3.05, 3.63) is 29.3 Å². The van der Waals surface area contributed by atoms with Crippen molar-refractivity contribution in [3.8, 4) is 0 Å². The second kappa shape index (κ2) is 5.84. The lowest BCUT2D eigenvalue weighted by Gasteiger charge is -2.20. The van der Waals surface area contributed by atoms with E-state index in [4.69, 9.17) is 10.8 Å². The van der Waals surface area contributed by atoms with Crippen LogP contribution in [-0.4, -0.2) is 23.0 Å². The summed E-state index contributed by atoms with van der Waals surface area (Å²) < 4.78 is 0. The Morgan fingerprint density at radius 3 is 2.79 bits per heavy atom. The number of rotatable bonds is 4. The summed E-state index contributed by atoms with van der Waals surface area (Å²) in [5.41, 5.74) is 8.73. The van der Waals surface area contributed by atoms with E-state index in [9.17, 15) is 9.59 Å². The molecule has 0 spiro atoms. The van der Waals surface area contributed by atoms with Crippen LogP contribution in [-0.2, 0) is 22.4 Å². The van der Waals surface area contributed by atoms with Crippen LogP contribution < -0.4 is 11.1 Å². The van der Waals surface area contributed by atoms with Crippen LogP contribution in [0.15, 0.2) is 18.2 Å². The number of hydrogen-bond donors (Lipinski definition) is 3. The van der Waals surface area contributed by atoms with Gasteiger partial charge < -0.3 is 16.2 Å². The molecule has 1 unspecified atom stereocenters. The topological polar surface area (TPSA) is 92.4 Å². The van der Waals surface area contributed by atoms with Crippen molar-refractivity contribution in [1.29, 1.82) is 0 Å². The number of aryl methyl sites for hydroxylation is 1. The van der Waals surface area contributed by atoms with Crippen LogP contribution in [0.1, 0.15) is 30.4 Å². The molecule has 0 radical (unpaired) electrons. The molecule has 0 aliphatic heterocycles. The predicted octanol–water partition coefficient (Wildman–Crippen LogP) is 1.31. The van der Waals surface area contributed by atoms with Crippen molar-refractivity contribution < 1.29 is 14.7 Å². The average molecular weight is 262 g/mol. The van der Waals surface area contributed by atoms with Crippen molar-refractivity contribution in [2.45, 2.75) is 38.1 Å². The summed E-state index contributed by atoms with van der Waals surface area (Å²) in [5, 5.41) is 11.4. The van der Waals surface area contributed by atoms with Crippen molar-refractivity contribution in [1.82, 2.24) is 0 Å². The van der Waals surface area contributed by atoms with E-state index in [0.29, 0.717) is 0 Å². The SMILES string of the molecule is NC(CC(=O)O)C(=O)Nc1cccc2c1CCCC2. The molecule has 0 aromatic heterocycles. The molecule has 1 aromatic rings. The van der Waals surface area contributed by atoms with Crippen molar-refractivity contribution in [2.24, 2.45) is 5.73 Å². The first-order valence-electron chi connectivity index (χ1n) is 6.47. The molecule has 1 aliphatic carbocycles. The zero-order chi connectivity index (χ0) is 13.8. The largest absolute Gasteiger partial charge is 0.481 e. The Morgan fingerprint density at radius 1 is 1.32 bits per heavy atom. The first-order chi connectivity index (χ1) is 9.08. The number of nitrogens with two attached hydrogens (primary N) is 1. The Bertz CT molecular complexity index is 499. The minimum Gasteiger partial charge on any atom is -0.481 e. The van der Waals surface area contributed by atoms with Crippen LogP contribution in [0.25, 0.3) is 0 Å². The number of nitrogens with one attached hydrogen (secondary N) is 1. The molecule has 1 atom stereocenters. The fraction of sp³-hybridized carbons (Fsp3) is 0.429. The maximum absolute atomic E-state index is 11.8. The molecular weight excluding hydrogens is 244 g/mol. The van der Waals surface area contributed by atoms with Crippen molar-refractivity contribution in [2.75, 3.05) is 5.32 Å². The molecule has 0 heterocycles. The van der Waals surface area contributed by atoms with Crippen molar-refractivity contribution >= 4 is 17.6 Å². The molecule has 4 N–H and O–H groups in total. The van der Waals surface area contributed by atoms with Gasteiger partial charge in [-0.15, -0.1) is 0 Å². The highest BCUT2D eigenvalue weighted by Crippen LogP contribution is 2.27. The van der Waals surface area contributed by atoms with Gasteiger partial charge in [0.1, 0.15) is 0 Å². The zero-order valence-electron chi connectivity index (χ0n) is 10.7. The number of anilines is 1. The first-order valence-corrected chi connectivity index (χ1v) is 6.47. The van der Waals surface area contributed by atoms with E-state index in [1.165, 1.54) is 12.0 Å². The van der Waals surface area contributed by atoms with Gasteiger partial charge in [-0.3, -0.25) is 9.59 Å². The van der Waals surface area contributed by atoms with E-state index in [0.717, 1.165) is 30.5 Å². The lowest BCUT2D eigenvalue weighted by Crippen LogP contribution is -2.37. The second-order valence-electron chi connectivity index (χ2n) is 4.84. The van der Waals surface area contributed by atoms with Crippen molar-refractivity contribution in [3.63, 3.8) is 0 Å². The van der Waals surface area contributed by atoms with Gasteiger partial charge >= 0.3 is 5.97 Å². The number of carbonyl (C=O) groups is 2. The molecule has 0 saturated carbocycles. The lowest BCUT2D eigenvalue weighted by atomic mass is 9.90. The average Bonchev–Trinajstić information content (AvgIpc) is 2.38. The summed E-state index contributed by atoms with van der Waals surface area (Å²) in [6.45, 7) is 0. The molecule has 1 aliphatic rings. The van der Waals surface area contributed by atoms with E-state index in [1.54, 1.807) is 0 Å². The van der Waals surface area contributed by atoms with Gasteiger partial charge in [0.25, 0.3) is 0 Å². The minimum absolute atomic E-state index is 0.360. The number of carbonyl (C=O) groups excluding carboxylic acids is 1. The molecule has 2 rings (SSSR count). The molecule has 5 heteroatoms. The van der Waals surface area contributed by atoms with Gasteiger partial charge in [-0.05, 0) is 42.9 Å². The quantitative estimate of drug-likeness (QED) is 0.762. The van der Waals surface area contributed by atoms with Gasteiger partial charge in [-0.25, -0.2) is 0 Å². The van der Waals surface area contributed by atoms with Crippen LogP contribution in [0.3, 0.4) is 0 Å². The van der Waals surface area contributed by atoms with Gasteiger partial charge in [-0.2, -0.15) is 0 Å². The first kappa shape index (κ1) is 13.5. The third-order valence-corrected chi connectivity index (χ3v) is 3.39. The zero-order valence-corrected chi connectivity index (χ0v) is 10.7. The number of carboxylic acid groups (broad SMARTS) is 1. The number of amides is 1. The predicted molar refractivity (Wildman–Crippen MR) is 71.9 cm³/mol. The van der Waals surface area contributed by atoms with E-state index in [2.05, 4.69) is 11.4 Å². The molecule has 19 heavy (non-hydrogen) atoms. The highest BCUT2D eigenvalue weighted by molar-refractivity contribution is 5.97. The summed E-state index contributed by atoms with van der Waals surface area (Å²) in [7, 11) is 0. The number of aliphatic carboxylic acids is 1. The van der Waals surface area contributed by atoms with Gasteiger partial charge in [0, 0.05) is 5.69 Å². The van der Waals surface area contributed by atoms with Crippen LogP contribution >= 0.6 is 0 Å². The highest BCUT2D eigenvalue weighted by Gasteiger charge is 2.19. The fourth-order valence-electron chi connectivity index (χ4n) is 2.40. The minimum atomic E-state index is -1.07. The molecule has 0 fully saturated rings. The maximum Gasteiger partial charge on any atom is 0.305 e. The Kier molecular flexibility index (Phi) is 4.16. The highest BCUT2D eigenvalue weighted by atomic mass is 16.4. The van der Waals surface area contributed by atoms with Gasteiger partial charge in [0.15, 0.2) is 0 Å². The number of benzene rings is 1. The van der Waals surface area contributed by atoms with E-state index >= 15 is 0 Å². The Hall–Kier alpha value is -1.88. The van der Waals surface area contributed by atoms with Gasteiger partial charge in [0.2, 0.25) is 5.91 Å². The summed E-state index contributed by atoms with van der Waals surface area (Å²) in [5.74, 6) is -1.51. The Morgan fingerprint density at radius 2 is 2.05 bits per heavy atom. The summed E-state index contributed by atoms with van der Waals surface area (Å²) in [6.07, 6.45) is 3.89. The Labute approximate surface area is 111 Å². The smallest absolute Gasteiger partial charge is 0.305 e. The van der Waals surface area contributed by atoms with E-state index in [-0.39, 0.29) is 6.42 Å². The molecule has 102 valence electrons. The molecular formula is C14H18N2O3. The van der Waals surface area contributed by atoms with E-state index < -0.39 is 17.9 Å². The molecule has 1 aromatic carbocycles. The monoisotopic (exact) mass is 262 g/mol. The van der Waals surface area contributed by atoms with E-state index in [1.807, 2.05) is 12.1 Å². The number of hydrogen-bond acceptors (Lipinski definition) is 3. The molecule has 5 nitrogen and oxygen atoms in total. The molecule has 0 saturated heterocycles. The maximum atomic E-state index is 11.8. The second-order valence-corrected chi connectivity index (χ2v) is 4.84. The number of fused-ring (bicyclic) bond motifs is 1. The normalized spacial score (nSPS) is 15.4. The fourth-order valence-corrected chi connectivity index (χ4v) is 2.40. The molecule has 0 bridgehead atoms. The summed E-state index contributed by atoms with van der Waals surface area (Å²) in [6, 6.07) is 4.80. The van der Waals surface area contributed by atoms with Crippen LogP contribution in [0.4, 0.5) is 5.69 Å². The third-order valence-electron chi connectivity index (χ3n) is 3.39. The van der Waals surface area contributed by atoms with Crippen LogP contribution in [0.2, 0.25) is 0 Å². The van der Waals surface area contributed by atoms with Gasteiger partial charge in [-0.1, -0.05) is 12.1 Å². The number of carboxylic acids is 1.